The molecule has 1 N–H and O–H groups in total. The first-order valence-corrected chi connectivity index (χ1v) is 7.31. The molecule has 0 aliphatic carbocycles. The molecule has 0 radical (unpaired) electrons. The monoisotopic (exact) mass is 319 g/mol. The highest BCUT2D eigenvalue weighted by Crippen LogP contribution is 2.01. The van der Waals surface area contributed by atoms with Crippen molar-refractivity contribution in [2.24, 2.45) is 0 Å². The molecule has 1 aromatic rings. The van der Waals surface area contributed by atoms with Crippen molar-refractivity contribution in [3.05, 3.63) is 48.6 Å². The van der Waals surface area contributed by atoms with Crippen LogP contribution in [-0.2, 0) is 14.3 Å². The molecule has 124 valence electrons. The second kappa shape index (κ2) is 10.3. The number of carbonyl (C=O) groups excluding carboxylic acids is 3. The van der Waals surface area contributed by atoms with Gasteiger partial charge in [0.15, 0.2) is 11.6 Å². The van der Waals surface area contributed by atoms with E-state index >= 15 is 0 Å². The molecule has 0 saturated carbocycles. The summed E-state index contributed by atoms with van der Waals surface area (Å²) in [5.41, 5.74) is 0.526. The molecule has 0 aromatic heterocycles. The van der Waals surface area contributed by atoms with Crippen LogP contribution in [0.25, 0.3) is 0 Å². The quantitative estimate of drug-likeness (QED) is 0.528. The Kier molecular flexibility index (Phi) is 8.31. The highest BCUT2D eigenvalue weighted by molar-refractivity contribution is 5.97. The molecule has 1 amide bonds. The number of amides is 1. The molecule has 6 nitrogen and oxygen atoms in total. The van der Waals surface area contributed by atoms with Gasteiger partial charge in [-0.3, -0.25) is 9.59 Å². The summed E-state index contributed by atoms with van der Waals surface area (Å²) in [4.78, 5) is 35.2. The lowest BCUT2D eigenvalue weighted by atomic mass is 10.1. The summed E-state index contributed by atoms with van der Waals surface area (Å²) in [5, 5.41) is 2.45. The third kappa shape index (κ3) is 6.88. The number of alkyl carbamates (subject to hydrolysis) is 1. The maximum atomic E-state index is 12.0. The van der Waals surface area contributed by atoms with Crippen LogP contribution in [0.5, 0.6) is 0 Å². The molecule has 0 saturated heterocycles. The first-order chi connectivity index (χ1) is 11.1. The van der Waals surface area contributed by atoms with E-state index in [2.05, 4.69) is 11.9 Å². The van der Waals surface area contributed by atoms with E-state index < -0.39 is 12.1 Å². The summed E-state index contributed by atoms with van der Waals surface area (Å²) in [7, 11) is 0. The Balaban J connectivity index is 2.37. The Bertz CT molecular complexity index is 541. The highest BCUT2D eigenvalue weighted by Gasteiger charge is 2.19. The van der Waals surface area contributed by atoms with Crippen LogP contribution in [0.15, 0.2) is 43.0 Å². The number of hydrogen-bond acceptors (Lipinski definition) is 5. The largest absolute Gasteiger partial charge is 0.445 e. The van der Waals surface area contributed by atoms with E-state index in [9.17, 15) is 14.4 Å². The van der Waals surface area contributed by atoms with Gasteiger partial charge in [0.05, 0.1) is 6.04 Å². The van der Waals surface area contributed by atoms with Gasteiger partial charge in [0.2, 0.25) is 0 Å². The Morgan fingerprint density at radius 2 is 1.91 bits per heavy atom. The first kappa shape index (κ1) is 18.6. The molecule has 0 fully saturated rings. The molecule has 1 rings (SSSR count). The van der Waals surface area contributed by atoms with Gasteiger partial charge < -0.3 is 14.8 Å². The standard InChI is InChI=1S/C17H21NO5/c1-3-10-23-17(21)18-14(4-2)16(20)12-22-11-15(19)13-8-6-5-7-9-13/h3,5-9,14H,1,4,10-12H2,2H3,(H,18,21)/t14-/m0/s1. The van der Waals surface area contributed by atoms with Crippen LogP contribution < -0.4 is 5.32 Å². The number of nitrogens with one attached hydrogen (secondary N) is 1. The van der Waals surface area contributed by atoms with Crippen molar-refractivity contribution in [1.29, 1.82) is 0 Å². The van der Waals surface area contributed by atoms with Crippen LogP contribution in [-0.4, -0.2) is 43.5 Å². The normalized spacial score (nSPS) is 11.3. The predicted molar refractivity (Wildman–Crippen MR) is 85.4 cm³/mol. The average molecular weight is 319 g/mol. The van der Waals surface area contributed by atoms with Crippen molar-refractivity contribution in [2.75, 3.05) is 19.8 Å². The number of Topliss-reactive ketones (excluding diaryl/α,β-unsaturated/α-hetero) is 2. The summed E-state index contributed by atoms with van der Waals surface area (Å²) >= 11 is 0. The zero-order valence-corrected chi connectivity index (χ0v) is 13.1. The van der Waals surface area contributed by atoms with Gasteiger partial charge in [-0.05, 0) is 6.42 Å². The Hall–Kier alpha value is -2.47. The Morgan fingerprint density at radius 1 is 1.22 bits per heavy atom. The second-order valence-corrected chi connectivity index (χ2v) is 4.74. The lowest BCUT2D eigenvalue weighted by molar-refractivity contribution is -0.125. The number of rotatable bonds is 10. The molecule has 6 heteroatoms. The highest BCUT2D eigenvalue weighted by atomic mass is 16.5. The fraction of sp³-hybridized carbons (Fsp3) is 0.353. The molecule has 0 bridgehead atoms. The minimum atomic E-state index is -0.709. The van der Waals surface area contributed by atoms with Crippen LogP contribution in [0, 0.1) is 0 Å². The van der Waals surface area contributed by atoms with Crippen molar-refractivity contribution in [3.63, 3.8) is 0 Å². The van der Waals surface area contributed by atoms with E-state index in [1.165, 1.54) is 6.08 Å². The number of benzene rings is 1. The molecule has 0 unspecified atom stereocenters. The van der Waals surface area contributed by atoms with Crippen LogP contribution in [0.4, 0.5) is 4.79 Å². The molecule has 1 atom stereocenters. The number of carbonyl (C=O) groups is 3. The molecule has 0 aliphatic heterocycles. The zero-order valence-electron chi connectivity index (χ0n) is 13.1. The second-order valence-electron chi connectivity index (χ2n) is 4.74. The van der Waals surface area contributed by atoms with Crippen molar-refractivity contribution in [3.8, 4) is 0 Å². The molecule has 23 heavy (non-hydrogen) atoms. The molecular formula is C17H21NO5. The molecule has 0 heterocycles. The van der Waals surface area contributed by atoms with Gasteiger partial charge in [0.25, 0.3) is 0 Å². The van der Waals surface area contributed by atoms with Gasteiger partial charge >= 0.3 is 6.09 Å². The number of ketones is 2. The van der Waals surface area contributed by atoms with Crippen molar-refractivity contribution in [1.82, 2.24) is 5.32 Å². The van der Waals surface area contributed by atoms with Crippen LogP contribution in [0.2, 0.25) is 0 Å². The fourth-order valence-electron chi connectivity index (χ4n) is 1.78. The van der Waals surface area contributed by atoms with E-state index in [0.29, 0.717) is 12.0 Å². The van der Waals surface area contributed by atoms with Crippen LogP contribution in [0.1, 0.15) is 23.7 Å². The topological polar surface area (TPSA) is 81.7 Å². The van der Waals surface area contributed by atoms with Gasteiger partial charge in [0, 0.05) is 5.56 Å². The van der Waals surface area contributed by atoms with E-state index in [0.717, 1.165) is 0 Å². The molecule has 0 aliphatic rings. The van der Waals surface area contributed by atoms with Crippen molar-refractivity contribution >= 4 is 17.7 Å². The number of hydrogen-bond donors (Lipinski definition) is 1. The SMILES string of the molecule is C=CCOC(=O)N[C@@H](CC)C(=O)COCC(=O)c1ccccc1. The minimum absolute atomic E-state index is 0.0680. The van der Waals surface area contributed by atoms with Crippen LogP contribution >= 0.6 is 0 Å². The summed E-state index contributed by atoms with van der Waals surface area (Å²) in [6.07, 6.45) is 1.14. The molecular weight excluding hydrogens is 298 g/mol. The lowest BCUT2D eigenvalue weighted by Crippen LogP contribution is -2.42. The van der Waals surface area contributed by atoms with Gasteiger partial charge in [-0.2, -0.15) is 0 Å². The fourth-order valence-corrected chi connectivity index (χ4v) is 1.78. The Labute approximate surface area is 135 Å². The van der Waals surface area contributed by atoms with Crippen LogP contribution in [0.3, 0.4) is 0 Å². The van der Waals surface area contributed by atoms with E-state index in [-0.39, 0.29) is 31.4 Å². The van der Waals surface area contributed by atoms with E-state index in [1.807, 2.05) is 6.07 Å². The van der Waals surface area contributed by atoms with Gasteiger partial charge in [0.1, 0.15) is 19.8 Å². The average Bonchev–Trinajstić information content (AvgIpc) is 2.58. The van der Waals surface area contributed by atoms with Gasteiger partial charge in [-0.15, -0.1) is 0 Å². The van der Waals surface area contributed by atoms with Gasteiger partial charge in [-0.25, -0.2) is 4.79 Å². The van der Waals surface area contributed by atoms with E-state index in [1.54, 1.807) is 31.2 Å². The third-order valence-electron chi connectivity index (χ3n) is 2.99. The number of ether oxygens (including phenoxy) is 2. The summed E-state index contributed by atoms with van der Waals surface area (Å²) < 4.78 is 9.91. The summed E-state index contributed by atoms with van der Waals surface area (Å²) in [5.74, 6) is -0.520. The smallest absolute Gasteiger partial charge is 0.408 e. The maximum Gasteiger partial charge on any atom is 0.408 e. The molecule has 0 spiro atoms. The van der Waals surface area contributed by atoms with E-state index in [4.69, 9.17) is 9.47 Å². The van der Waals surface area contributed by atoms with Gasteiger partial charge in [-0.1, -0.05) is 49.9 Å². The predicted octanol–water partition coefficient (Wildman–Crippen LogP) is 2.15. The first-order valence-electron chi connectivity index (χ1n) is 7.31. The van der Waals surface area contributed by atoms with Crippen molar-refractivity contribution < 1.29 is 23.9 Å². The third-order valence-corrected chi connectivity index (χ3v) is 2.99. The lowest BCUT2D eigenvalue weighted by Gasteiger charge is -2.15. The Morgan fingerprint density at radius 3 is 2.52 bits per heavy atom. The summed E-state index contributed by atoms with van der Waals surface area (Å²) in [6.45, 7) is 4.81. The zero-order chi connectivity index (χ0) is 17.1. The molecule has 1 aromatic carbocycles. The minimum Gasteiger partial charge on any atom is -0.445 e. The van der Waals surface area contributed by atoms with Crippen molar-refractivity contribution in [2.45, 2.75) is 19.4 Å². The maximum absolute atomic E-state index is 12.0. The summed E-state index contributed by atoms with van der Waals surface area (Å²) in [6, 6.07) is 7.97.